The first-order chi connectivity index (χ1) is 14.2. The molecule has 7 nitrogen and oxygen atoms in total. The molecule has 0 bridgehead atoms. The van der Waals surface area contributed by atoms with E-state index in [0.29, 0.717) is 19.8 Å². The predicted octanol–water partition coefficient (Wildman–Crippen LogP) is 2.11. The summed E-state index contributed by atoms with van der Waals surface area (Å²) in [6.45, 7) is 3.44. The number of aliphatic hydroxyl groups excluding tert-OH is 1. The average molecular weight is 399 g/mol. The highest BCUT2D eigenvalue weighted by molar-refractivity contribution is 5.79. The van der Waals surface area contributed by atoms with Crippen LogP contribution in [0.25, 0.3) is 0 Å². The Balaban J connectivity index is 1.44. The standard InChI is InChI=1S/C22H30N4O3/c1-23-21(26-16-22(9-12-27)10-13-28-17-22)25-14-18-5-7-20(8-6-18)29-15-19-4-2-3-11-24-19/h2-8,11,27H,9-10,12-17H2,1H3,(H2,23,25,26). The summed E-state index contributed by atoms with van der Waals surface area (Å²) in [6, 6.07) is 13.8. The summed E-state index contributed by atoms with van der Waals surface area (Å²) >= 11 is 0. The molecule has 29 heavy (non-hydrogen) atoms. The smallest absolute Gasteiger partial charge is 0.191 e. The Morgan fingerprint density at radius 3 is 2.76 bits per heavy atom. The Morgan fingerprint density at radius 2 is 2.10 bits per heavy atom. The zero-order chi connectivity index (χ0) is 20.4. The van der Waals surface area contributed by atoms with Crippen LogP contribution in [0.4, 0.5) is 0 Å². The van der Waals surface area contributed by atoms with E-state index in [1.54, 1.807) is 13.2 Å². The Bertz CT molecular complexity index is 759. The topological polar surface area (TPSA) is 88.0 Å². The van der Waals surface area contributed by atoms with Crippen molar-refractivity contribution in [2.24, 2.45) is 10.4 Å². The van der Waals surface area contributed by atoms with Crippen molar-refractivity contribution in [2.75, 3.05) is 33.4 Å². The highest BCUT2D eigenvalue weighted by atomic mass is 16.5. The minimum atomic E-state index is -0.0149. The number of rotatable bonds is 9. The Labute approximate surface area is 172 Å². The van der Waals surface area contributed by atoms with Gasteiger partial charge in [-0.15, -0.1) is 0 Å². The van der Waals surface area contributed by atoms with E-state index < -0.39 is 0 Å². The quantitative estimate of drug-likeness (QED) is 0.443. The number of nitrogens with zero attached hydrogens (tertiary/aromatic N) is 2. The van der Waals surface area contributed by atoms with Crippen LogP contribution in [0.2, 0.25) is 0 Å². The number of ether oxygens (including phenoxy) is 2. The lowest BCUT2D eigenvalue weighted by atomic mass is 9.84. The van der Waals surface area contributed by atoms with Crippen LogP contribution in [0.5, 0.6) is 5.75 Å². The van der Waals surface area contributed by atoms with Crippen molar-refractivity contribution in [3.05, 3.63) is 59.9 Å². The highest BCUT2D eigenvalue weighted by Crippen LogP contribution is 2.31. The number of aliphatic imine (C=N–C) groups is 1. The first kappa shape index (κ1) is 21.1. The van der Waals surface area contributed by atoms with Crippen LogP contribution in [0.3, 0.4) is 0 Å². The summed E-state index contributed by atoms with van der Waals surface area (Å²) in [5.41, 5.74) is 2.02. The number of hydrogen-bond acceptors (Lipinski definition) is 5. The van der Waals surface area contributed by atoms with Gasteiger partial charge >= 0.3 is 0 Å². The van der Waals surface area contributed by atoms with Crippen molar-refractivity contribution in [3.63, 3.8) is 0 Å². The van der Waals surface area contributed by atoms with E-state index in [-0.39, 0.29) is 12.0 Å². The van der Waals surface area contributed by atoms with Crippen LogP contribution < -0.4 is 15.4 Å². The van der Waals surface area contributed by atoms with Gasteiger partial charge in [0.25, 0.3) is 0 Å². The maximum atomic E-state index is 9.35. The molecule has 1 aromatic carbocycles. The van der Waals surface area contributed by atoms with Gasteiger partial charge in [-0.3, -0.25) is 9.98 Å². The van der Waals surface area contributed by atoms with E-state index in [9.17, 15) is 5.11 Å². The number of aliphatic hydroxyl groups is 1. The molecule has 2 aromatic rings. The normalized spacial score (nSPS) is 19.2. The number of aromatic nitrogens is 1. The van der Waals surface area contributed by atoms with Crippen molar-refractivity contribution in [1.29, 1.82) is 0 Å². The van der Waals surface area contributed by atoms with Gasteiger partial charge in [-0.05, 0) is 42.7 Å². The number of guanidine groups is 1. The second-order valence-corrected chi connectivity index (χ2v) is 7.31. The average Bonchev–Trinajstić information content (AvgIpc) is 3.23. The van der Waals surface area contributed by atoms with E-state index in [0.717, 1.165) is 49.0 Å². The molecule has 0 aliphatic carbocycles. The molecule has 1 aliphatic rings. The summed E-state index contributed by atoms with van der Waals surface area (Å²) in [5.74, 6) is 1.55. The molecule has 7 heteroatoms. The van der Waals surface area contributed by atoms with Gasteiger partial charge in [-0.25, -0.2) is 0 Å². The Hall–Kier alpha value is -2.64. The third-order valence-corrected chi connectivity index (χ3v) is 5.18. The lowest BCUT2D eigenvalue weighted by Crippen LogP contribution is -2.44. The van der Waals surface area contributed by atoms with Crippen molar-refractivity contribution in [3.8, 4) is 5.75 Å². The Kier molecular flexibility index (Phi) is 7.84. The molecule has 0 amide bonds. The van der Waals surface area contributed by atoms with E-state index in [1.165, 1.54) is 0 Å². The molecule has 1 aromatic heterocycles. The summed E-state index contributed by atoms with van der Waals surface area (Å²) in [7, 11) is 1.76. The van der Waals surface area contributed by atoms with Gasteiger partial charge in [0, 0.05) is 45.0 Å². The first-order valence-electron chi connectivity index (χ1n) is 9.98. The summed E-state index contributed by atoms with van der Waals surface area (Å²) < 4.78 is 11.3. The number of hydrogen-bond donors (Lipinski definition) is 3. The molecule has 1 saturated heterocycles. The molecule has 1 fully saturated rings. The molecular formula is C22H30N4O3. The second kappa shape index (κ2) is 10.8. The molecule has 0 radical (unpaired) electrons. The molecular weight excluding hydrogens is 368 g/mol. The Morgan fingerprint density at radius 1 is 1.24 bits per heavy atom. The molecule has 1 atom stereocenters. The van der Waals surface area contributed by atoms with Crippen molar-refractivity contribution >= 4 is 5.96 Å². The molecule has 3 N–H and O–H groups in total. The van der Waals surface area contributed by atoms with Gasteiger partial charge in [0.15, 0.2) is 5.96 Å². The van der Waals surface area contributed by atoms with Crippen LogP contribution in [-0.2, 0) is 17.9 Å². The number of nitrogens with one attached hydrogen (secondary N) is 2. The lowest BCUT2D eigenvalue weighted by Gasteiger charge is -2.27. The van der Waals surface area contributed by atoms with E-state index in [1.807, 2.05) is 42.5 Å². The molecule has 1 aliphatic heterocycles. The van der Waals surface area contributed by atoms with Gasteiger partial charge in [0.05, 0.1) is 12.3 Å². The van der Waals surface area contributed by atoms with E-state index >= 15 is 0 Å². The monoisotopic (exact) mass is 398 g/mol. The highest BCUT2D eigenvalue weighted by Gasteiger charge is 2.34. The molecule has 156 valence electrons. The van der Waals surface area contributed by atoms with Crippen LogP contribution >= 0.6 is 0 Å². The first-order valence-corrected chi connectivity index (χ1v) is 9.98. The number of pyridine rings is 1. The zero-order valence-electron chi connectivity index (χ0n) is 16.9. The van der Waals surface area contributed by atoms with Gasteiger partial charge < -0.3 is 25.2 Å². The molecule has 3 rings (SSSR count). The van der Waals surface area contributed by atoms with Gasteiger partial charge in [-0.1, -0.05) is 18.2 Å². The maximum Gasteiger partial charge on any atom is 0.191 e. The molecule has 0 spiro atoms. The summed E-state index contributed by atoms with van der Waals surface area (Å²) in [5, 5.41) is 16.1. The molecule has 0 saturated carbocycles. The second-order valence-electron chi connectivity index (χ2n) is 7.31. The zero-order valence-corrected chi connectivity index (χ0v) is 16.9. The van der Waals surface area contributed by atoms with Gasteiger partial charge in [-0.2, -0.15) is 0 Å². The number of benzene rings is 1. The fourth-order valence-corrected chi connectivity index (χ4v) is 3.33. The SMILES string of the molecule is CN=C(NCc1ccc(OCc2ccccn2)cc1)NCC1(CCO)CCOC1. The fraction of sp³-hybridized carbons (Fsp3) is 0.455. The third-order valence-electron chi connectivity index (χ3n) is 5.18. The summed E-state index contributed by atoms with van der Waals surface area (Å²) in [6.07, 6.45) is 3.45. The van der Waals surface area contributed by atoms with Gasteiger partial charge in [0.1, 0.15) is 12.4 Å². The van der Waals surface area contributed by atoms with Crippen LogP contribution in [0, 0.1) is 5.41 Å². The van der Waals surface area contributed by atoms with Crippen molar-refractivity contribution in [2.45, 2.75) is 26.0 Å². The predicted molar refractivity (Wildman–Crippen MR) is 113 cm³/mol. The van der Waals surface area contributed by atoms with Gasteiger partial charge in [0.2, 0.25) is 0 Å². The maximum absolute atomic E-state index is 9.35. The van der Waals surface area contributed by atoms with Crippen molar-refractivity contribution in [1.82, 2.24) is 15.6 Å². The lowest BCUT2D eigenvalue weighted by molar-refractivity contribution is 0.127. The van der Waals surface area contributed by atoms with Crippen LogP contribution in [0.15, 0.2) is 53.7 Å². The van der Waals surface area contributed by atoms with Crippen LogP contribution in [0.1, 0.15) is 24.1 Å². The van der Waals surface area contributed by atoms with E-state index in [4.69, 9.17) is 9.47 Å². The van der Waals surface area contributed by atoms with Crippen LogP contribution in [-0.4, -0.2) is 49.5 Å². The fourth-order valence-electron chi connectivity index (χ4n) is 3.33. The minimum Gasteiger partial charge on any atom is -0.487 e. The third kappa shape index (κ3) is 6.44. The largest absolute Gasteiger partial charge is 0.487 e. The van der Waals surface area contributed by atoms with E-state index in [2.05, 4.69) is 20.6 Å². The molecule has 1 unspecified atom stereocenters. The minimum absolute atomic E-state index is 0.0149. The van der Waals surface area contributed by atoms with Crippen molar-refractivity contribution < 1.29 is 14.6 Å². The molecule has 2 heterocycles. The summed E-state index contributed by atoms with van der Waals surface area (Å²) in [4.78, 5) is 8.55.